The van der Waals surface area contributed by atoms with E-state index in [4.69, 9.17) is 0 Å². The van der Waals surface area contributed by atoms with Gasteiger partial charge in [-0.15, -0.1) is 0 Å². The van der Waals surface area contributed by atoms with Crippen molar-refractivity contribution in [3.05, 3.63) is 22.4 Å². The second kappa shape index (κ2) is 3.62. The molecule has 3 heteroatoms. The van der Waals surface area contributed by atoms with Crippen LogP contribution in [0, 0.1) is 0 Å². The molecular formula is C9H13BrN2. The van der Waals surface area contributed by atoms with Gasteiger partial charge < -0.3 is 10.3 Å². The molecule has 2 nitrogen and oxygen atoms in total. The van der Waals surface area contributed by atoms with Crippen LogP contribution in [0.25, 0.3) is 0 Å². The van der Waals surface area contributed by atoms with E-state index in [1.54, 1.807) is 0 Å². The fourth-order valence-corrected chi connectivity index (χ4v) is 2.13. The van der Waals surface area contributed by atoms with Gasteiger partial charge in [0.2, 0.25) is 0 Å². The van der Waals surface area contributed by atoms with Crippen LogP contribution in [-0.4, -0.2) is 18.1 Å². The van der Waals surface area contributed by atoms with Crippen molar-refractivity contribution >= 4 is 15.9 Å². The number of H-pyrrole nitrogens is 1. The first kappa shape index (κ1) is 8.32. The summed E-state index contributed by atoms with van der Waals surface area (Å²) in [7, 11) is 0. The molecule has 1 atom stereocenters. The molecule has 66 valence electrons. The first-order valence-corrected chi connectivity index (χ1v) is 5.20. The Hall–Kier alpha value is -0.280. The van der Waals surface area contributed by atoms with E-state index in [9.17, 15) is 0 Å². The zero-order valence-electron chi connectivity index (χ0n) is 6.94. The average molecular weight is 229 g/mol. The van der Waals surface area contributed by atoms with E-state index in [0.717, 1.165) is 11.1 Å². The van der Waals surface area contributed by atoms with Gasteiger partial charge in [0.05, 0.1) is 4.60 Å². The van der Waals surface area contributed by atoms with E-state index in [1.165, 1.54) is 24.9 Å². The lowest BCUT2D eigenvalue weighted by atomic mass is 9.94. The quantitative estimate of drug-likeness (QED) is 0.759. The minimum Gasteiger partial charge on any atom is -0.356 e. The van der Waals surface area contributed by atoms with Crippen molar-refractivity contribution in [2.75, 3.05) is 13.1 Å². The van der Waals surface area contributed by atoms with Gasteiger partial charge in [0.15, 0.2) is 0 Å². The Morgan fingerprint density at radius 1 is 1.50 bits per heavy atom. The molecule has 2 rings (SSSR count). The maximum absolute atomic E-state index is 3.42. The molecule has 1 aliphatic rings. The first-order chi connectivity index (χ1) is 5.86. The van der Waals surface area contributed by atoms with Crippen molar-refractivity contribution in [3.8, 4) is 0 Å². The molecule has 0 spiro atoms. The predicted molar refractivity (Wildman–Crippen MR) is 53.3 cm³/mol. The first-order valence-electron chi connectivity index (χ1n) is 4.41. The molecule has 0 amide bonds. The Morgan fingerprint density at radius 3 is 3.00 bits per heavy atom. The molecule has 0 radical (unpaired) electrons. The molecule has 1 aliphatic heterocycles. The average Bonchev–Trinajstić information content (AvgIpc) is 2.54. The van der Waals surface area contributed by atoms with E-state index in [0.29, 0.717) is 5.92 Å². The van der Waals surface area contributed by atoms with Crippen LogP contribution in [0.5, 0.6) is 0 Å². The van der Waals surface area contributed by atoms with Crippen LogP contribution in [0.4, 0.5) is 0 Å². The number of rotatable bonds is 1. The third-order valence-corrected chi connectivity index (χ3v) is 2.90. The van der Waals surface area contributed by atoms with Gasteiger partial charge in [-0.25, -0.2) is 0 Å². The van der Waals surface area contributed by atoms with Crippen molar-refractivity contribution in [2.45, 2.75) is 18.8 Å². The van der Waals surface area contributed by atoms with Crippen LogP contribution in [0.2, 0.25) is 0 Å². The van der Waals surface area contributed by atoms with E-state index < -0.39 is 0 Å². The van der Waals surface area contributed by atoms with E-state index in [-0.39, 0.29) is 0 Å². The minimum atomic E-state index is 0.710. The van der Waals surface area contributed by atoms with Crippen LogP contribution >= 0.6 is 15.9 Å². The molecular weight excluding hydrogens is 216 g/mol. The fraction of sp³-hybridized carbons (Fsp3) is 0.556. The van der Waals surface area contributed by atoms with Crippen molar-refractivity contribution in [1.82, 2.24) is 10.3 Å². The maximum Gasteiger partial charge on any atom is 0.0823 e. The third kappa shape index (κ3) is 1.72. The molecule has 1 saturated heterocycles. The van der Waals surface area contributed by atoms with Crippen molar-refractivity contribution in [2.24, 2.45) is 0 Å². The molecule has 1 fully saturated rings. The van der Waals surface area contributed by atoms with Crippen LogP contribution in [0.1, 0.15) is 24.3 Å². The van der Waals surface area contributed by atoms with Crippen molar-refractivity contribution in [3.63, 3.8) is 0 Å². The van der Waals surface area contributed by atoms with Gasteiger partial charge in [-0.3, -0.25) is 0 Å². The summed E-state index contributed by atoms with van der Waals surface area (Å²) in [6.07, 6.45) is 4.71. The molecule has 1 aromatic heterocycles. The standard InChI is InChI=1S/C9H13BrN2/c10-9-4-8(6-12-9)7-2-1-3-11-5-7/h4,6-7,11-12H,1-3,5H2. The monoisotopic (exact) mass is 228 g/mol. The Balaban J connectivity index is 2.08. The van der Waals surface area contributed by atoms with E-state index >= 15 is 0 Å². The van der Waals surface area contributed by atoms with Crippen molar-refractivity contribution in [1.29, 1.82) is 0 Å². The summed E-state index contributed by atoms with van der Waals surface area (Å²) in [6.45, 7) is 2.31. The van der Waals surface area contributed by atoms with Crippen molar-refractivity contribution < 1.29 is 0 Å². The van der Waals surface area contributed by atoms with Gasteiger partial charge in [0, 0.05) is 12.7 Å². The third-order valence-electron chi connectivity index (χ3n) is 2.44. The largest absolute Gasteiger partial charge is 0.356 e. The minimum absolute atomic E-state index is 0.710. The fourth-order valence-electron chi connectivity index (χ4n) is 1.75. The highest BCUT2D eigenvalue weighted by Gasteiger charge is 2.15. The van der Waals surface area contributed by atoms with Gasteiger partial charge >= 0.3 is 0 Å². The zero-order chi connectivity index (χ0) is 8.39. The summed E-state index contributed by atoms with van der Waals surface area (Å²) in [5.41, 5.74) is 1.43. The number of aromatic amines is 1. The lowest BCUT2D eigenvalue weighted by Gasteiger charge is -2.21. The van der Waals surface area contributed by atoms with Gasteiger partial charge in [-0.05, 0) is 52.9 Å². The summed E-state index contributed by atoms with van der Waals surface area (Å²) in [6, 6.07) is 2.18. The molecule has 0 bridgehead atoms. The summed E-state index contributed by atoms with van der Waals surface area (Å²) in [5, 5.41) is 3.41. The Morgan fingerprint density at radius 2 is 2.42 bits per heavy atom. The molecule has 0 saturated carbocycles. The second-order valence-corrected chi connectivity index (χ2v) is 4.18. The SMILES string of the molecule is Brc1cc(C2CCCNC2)c[nH]1. The van der Waals surface area contributed by atoms with Crippen LogP contribution in [0.3, 0.4) is 0 Å². The summed E-state index contributed by atoms with van der Waals surface area (Å²) in [5.74, 6) is 0.710. The highest BCUT2D eigenvalue weighted by atomic mass is 79.9. The molecule has 1 unspecified atom stereocenters. The Kier molecular flexibility index (Phi) is 2.51. The van der Waals surface area contributed by atoms with Gasteiger partial charge in [0.1, 0.15) is 0 Å². The topological polar surface area (TPSA) is 27.8 Å². The highest BCUT2D eigenvalue weighted by molar-refractivity contribution is 9.10. The van der Waals surface area contributed by atoms with Crippen LogP contribution in [-0.2, 0) is 0 Å². The molecule has 0 aliphatic carbocycles. The van der Waals surface area contributed by atoms with Gasteiger partial charge in [-0.2, -0.15) is 0 Å². The Bertz CT molecular complexity index is 251. The summed E-state index contributed by atoms with van der Waals surface area (Å²) < 4.78 is 1.09. The lowest BCUT2D eigenvalue weighted by Crippen LogP contribution is -2.28. The number of aromatic nitrogens is 1. The molecule has 12 heavy (non-hydrogen) atoms. The maximum atomic E-state index is 3.42. The predicted octanol–water partition coefficient (Wildman–Crippen LogP) is 2.24. The second-order valence-electron chi connectivity index (χ2n) is 3.32. The zero-order valence-corrected chi connectivity index (χ0v) is 8.52. The van der Waals surface area contributed by atoms with Gasteiger partial charge in [-0.1, -0.05) is 0 Å². The lowest BCUT2D eigenvalue weighted by molar-refractivity contribution is 0.462. The summed E-state index contributed by atoms with van der Waals surface area (Å²) >= 11 is 3.42. The molecule has 2 heterocycles. The highest BCUT2D eigenvalue weighted by Crippen LogP contribution is 2.24. The Labute approximate surface area is 80.9 Å². The van der Waals surface area contributed by atoms with E-state index in [2.05, 4.69) is 38.5 Å². The number of nitrogens with one attached hydrogen (secondary N) is 2. The smallest absolute Gasteiger partial charge is 0.0823 e. The molecule has 1 aromatic rings. The van der Waals surface area contributed by atoms with Crippen LogP contribution < -0.4 is 5.32 Å². The molecule has 0 aromatic carbocycles. The molecule has 2 N–H and O–H groups in total. The number of hydrogen-bond acceptors (Lipinski definition) is 1. The van der Waals surface area contributed by atoms with E-state index in [1.807, 2.05) is 0 Å². The van der Waals surface area contributed by atoms with Gasteiger partial charge in [0.25, 0.3) is 0 Å². The normalized spacial score (nSPS) is 24.2. The van der Waals surface area contributed by atoms with Crippen LogP contribution in [0.15, 0.2) is 16.9 Å². The number of piperidine rings is 1. The number of halogens is 1. The number of hydrogen-bond donors (Lipinski definition) is 2. The summed E-state index contributed by atoms with van der Waals surface area (Å²) in [4.78, 5) is 3.15.